The van der Waals surface area contributed by atoms with Crippen LogP contribution in [0.1, 0.15) is 33.6 Å². The second kappa shape index (κ2) is 7.42. The summed E-state index contributed by atoms with van der Waals surface area (Å²) in [5, 5.41) is 7.20. The van der Waals surface area contributed by atoms with E-state index in [1.165, 1.54) is 16.2 Å². The third kappa shape index (κ3) is 3.54. The topological polar surface area (TPSA) is 79.4 Å². The lowest BCUT2D eigenvalue weighted by molar-refractivity contribution is -0.116. The van der Waals surface area contributed by atoms with Crippen LogP contribution in [-0.2, 0) is 4.79 Å². The number of nitrogens with one attached hydrogen (secondary N) is 1. The van der Waals surface area contributed by atoms with Gasteiger partial charge < -0.3 is 5.32 Å². The van der Waals surface area contributed by atoms with Crippen molar-refractivity contribution in [1.29, 1.82) is 0 Å². The van der Waals surface area contributed by atoms with Gasteiger partial charge >= 0.3 is 0 Å². The summed E-state index contributed by atoms with van der Waals surface area (Å²) in [4.78, 5) is 43.4. The summed E-state index contributed by atoms with van der Waals surface area (Å²) < 4.78 is 0. The Morgan fingerprint density at radius 2 is 1.78 bits per heavy atom. The summed E-state index contributed by atoms with van der Waals surface area (Å²) in [6.45, 7) is 0.220. The first-order valence-electron chi connectivity index (χ1n) is 8.38. The van der Waals surface area contributed by atoms with E-state index in [0.717, 1.165) is 10.6 Å². The van der Waals surface area contributed by atoms with Crippen molar-refractivity contribution in [1.82, 2.24) is 9.88 Å². The zero-order chi connectivity index (χ0) is 18.8. The van der Waals surface area contributed by atoms with Gasteiger partial charge in [0.25, 0.3) is 11.8 Å². The Bertz CT molecular complexity index is 976. The third-order valence-corrected chi connectivity index (χ3v) is 5.84. The van der Waals surface area contributed by atoms with Crippen LogP contribution in [0.4, 0.5) is 5.13 Å². The van der Waals surface area contributed by atoms with E-state index in [1.807, 2.05) is 22.9 Å². The summed E-state index contributed by atoms with van der Waals surface area (Å²) in [5.41, 5.74) is 1.70. The molecule has 3 heterocycles. The van der Waals surface area contributed by atoms with Crippen molar-refractivity contribution in [2.45, 2.75) is 12.8 Å². The van der Waals surface area contributed by atoms with Gasteiger partial charge in [-0.05, 0) is 30.0 Å². The van der Waals surface area contributed by atoms with Gasteiger partial charge in [-0.2, -0.15) is 0 Å². The molecule has 0 bridgehead atoms. The van der Waals surface area contributed by atoms with Gasteiger partial charge in [0, 0.05) is 18.3 Å². The zero-order valence-corrected chi connectivity index (χ0v) is 15.8. The molecular formula is C19H15N3O3S2. The van der Waals surface area contributed by atoms with Crippen LogP contribution >= 0.6 is 22.7 Å². The number of anilines is 1. The fraction of sp³-hybridized carbons (Fsp3) is 0.158. The number of hydrogen-bond donors (Lipinski definition) is 1. The molecule has 0 fully saturated rings. The lowest BCUT2D eigenvalue weighted by Crippen LogP contribution is -2.31. The maximum absolute atomic E-state index is 12.3. The minimum absolute atomic E-state index is 0.182. The monoisotopic (exact) mass is 397 g/mol. The van der Waals surface area contributed by atoms with Gasteiger partial charge in [0.05, 0.1) is 21.7 Å². The predicted molar refractivity (Wildman–Crippen MR) is 105 cm³/mol. The summed E-state index contributed by atoms with van der Waals surface area (Å²) in [6.07, 6.45) is 0.613. The van der Waals surface area contributed by atoms with Crippen LogP contribution in [0.2, 0.25) is 0 Å². The first-order chi connectivity index (χ1) is 13.1. The van der Waals surface area contributed by atoms with Crippen molar-refractivity contribution >= 4 is 45.5 Å². The van der Waals surface area contributed by atoms with E-state index in [9.17, 15) is 14.4 Å². The molecule has 0 aliphatic carbocycles. The molecule has 0 saturated carbocycles. The maximum Gasteiger partial charge on any atom is 0.261 e. The molecule has 1 aromatic carbocycles. The third-order valence-electron chi connectivity index (χ3n) is 4.19. The number of carbonyl (C=O) groups is 3. The van der Waals surface area contributed by atoms with Crippen LogP contribution in [0.15, 0.2) is 47.2 Å². The van der Waals surface area contributed by atoms with Crippen LogP contribution < -0.4 is 5.32 Å². The lowest BCUT2D eigenvalue weighted by Gasteiger charge is -2.13. The van der Waals surface area contributed by atoms with Crippen molar-refractivity contribution in [2.75, 3.05) is 11.9 Å². The molecule has 1 aliphatic heterocycles. The molecule has 1 aliphatic rings. The number of rotatable bonds is 6. The second-order valence-electron chi connectivity index (χ2n) is 5.97. The van der Waals surface area contributed by atoms with Gasteiger partial charge in [0.1, 0.15) is 0 Å². The molecule has 136 valence electrons. The second-order valence-corrected chi connectivity index (χ2v) is 7.78. The van der Waals surface area contributed by atoms with Gasteiger partial charge in [-0.25, -0.2) is 4.98 Å². The largest absolute Gasteiger partial charge is 0.302 e. The van der Waals surface area contributed by atoms with E-state index >= 15 is 0 Å². The van der Waals surface area contributed by atoms with Crippen molar-refractivity contribution < 1.29 is 14.4 Å². The molecule has 1 N–H and O–H groups in total. The average molecular weight is 397 g/mol. The number of carbonyl (C=O) groups excluding carboxylic acids is 3. The SMILES string of the molecule is O=C(CCCN1C(=O)c2ccccc2C1=O)Nc1nc(-c2cccs2)cs1. The molecular weight excluding hydrogens is 382 g/mol. The van der Waals surface area contributed by atoms with Crippen LogP contribution in [0.5, 0.6) is 0 Å². The molecule has 0 unspecified atom stereocenters. The molecule has 3 aromatic rings. The minimum atomic E-state index is -0.295. The van der Waals surface area contributed by atoms with Gasteiger partial charge in [0.15, 0.2) is 5.13 Å². The highest BCUT2D eigenvalue weighted by molar-refractivity contribution is 7.16. The number of amides is 3. The molecule has 3 amide bonds. The molecule has 0 radical (unpaired) electrons. The standard InChI is InChI=1S/C19H15N3O3S2/c23-16(21-19-20-14(11-27-19)15-7-4-10-26-15)8-3-9-22-17(24)12-5-1-2-6-13(12)18(22)25/h1-2,4-7,10-11H,3,8-9H2,(H,20,21,23). The quantitative estimate of drug-likeness (QED) is 0.640. The average Bonchev–Trinajstić information content (AvgIpc) is 3.39. The maximum atomic E-state index is 12.3. The normalized spacial score (nSPS) is 13.1. The molecule has 0 saturated heterocycles. The molecule has 4 rings (SSSR count). The van der Waals surface area contributed by atoms with E-state index < -0.39 is 0 Å². The number of nitrogens with zero attached hydrogens (tertiary/aromatic N) is 2. The molecule has 8 heteroatoms. The van der Waals surface area contributed by atoms with Gasteiger partial charge in [0.2, 0.25) is 5.91 Å². The summed E-state index contributed by atoms with van der Waals surface area (Å²) in [7, 11) is 0. The first kappa shape index (κ1) is 17.6. The Kier molecular flexibility index (Phi) is 4.83. The number of thiophene rings is 1. The van der Waals surface area contributed by atoms with Crippen LogP contribution in [0.25, 0.3) is 10.6 Å². The van der Waals surface area contributed by atoms with Crippen molar-refractivity contribution in [3.8, 4) is 10.6 Å². The predicted octanol–water partition coefficient (Wildman–Crippen LogP) is 3.89. The number of benzene rings is 1. The first-order valence-corrected chi connectivity index (χ1v) is 10.1. The smallest absolute Gasteiger partial charge is 0.261 e. The van der Waals surface area contributed by atoms with Crippen molar-refractivity contribution in [3.05, 3.63) is 58.3 Å². The number of fused-ring (bicyclic) bond motifs is 1. The van der Waals surface area contributed by atoms with Crippen LogP contribution in [0, 0.1) is 0 Å². The zero-order valence-electron chi connectivity index (χ0n) is 14.2. The number of thiazole rings is 1. The Labute approximate surface area is 163 Å². The summed E-state index contributed by atoms with van der Waals surface area (Å²) in [5.74, 6) is -0.772. The number of imide groups is 1. The number of aromatic nitrogens is 1. The van der Waals surface area contributed by atoms with E-state index in [4.69, 9.17) is 0 Å². The Morgan fingerprint density at radius 3 is 2.44 bits per heavy atom. The van der Waals surface area contributed by atoms with Gasteiger partial charge in [-0.1, -0.05) is 18.2 Å². The molecule has 0 spiro atoms. The lowest BCUT2D eigenvalue weighted by atomic mass is 10.1. The number of hydrogen-bond acceptors (Lipinski definition) is 6. The van der Waals surface area contributed by atoms with Crippen molar-refractivity contribution in [2.24, 2.45) is 0 Å². The Hall–Kier alpha value is -2.84. The Balaban J connectivity index is 1.29. The van der Waals surface area contributed by atoms with Crippen LogP contribution in [0.3, 0.4) is 0 Å². The van der Waals surface area contributed by atoms with Gasteiger partial charge in [-0.15, -0.1) is 22.7 Å². The van der Waals surface area contributed by atoms with Gasteiger partial charge in [-0.3, -0.25) is 19.3 Å². The molecule has 0 atom stereocenters. The Morgan fingerprint density at radius 1 is 1.04 bits per heavy atom. The van der Waals surface area contributed by atoms with E-state index in [1.54, 1.807) is 35.6 Å². The molecule has 2 aromatic heterocycles. The minimum Gasteiger partial charge on any atom is -0.302 e. The van der Waals surface area contributed by atoms with Crippen LogP contribution in [-0.4, -0.2) is 34.2 Å². The summed E-state index contributed by atoms with van der Waals surface area (Å²) >= 11 is 2.97. The van der Waals surface area contributed by atoms with E-state index in [2.05, 4.69) is 10.3 Å². The fourth-order valence-electron chi connectivity index (χ4n) is 2.89. The van der Waals surface area contributed by atoms with Crippen molar-refractivity contribution in [3.63, 3.8) is 0 Å². The molecule has 27 heavy (non-hydrogen) atoms. The highest BCUT2D eigenvalue weighted by Gasteiger charge is 2.34. The van der Waals surface area contributed by atoms with E-state index in [0.29, 0.717) is 22.7 Å². The fourth-order valence-corrected chi connectivity index (χ4v) is 4.38. The highest BCUT2D eigenvalue weighted by atomic mass is 32.1. The molecule has 6 nitrogen and oxygen atoms in total. The highest BCUT2D eigenvalue weighted by Crippen LogP contribution is 2.28. The van der Waals surface area contributed by atoms with E-state index in [-0.39, 0.29) is 30.7 Å². The summed E-state index contributed by atoms with van der Waals surface area (Å²) in [6, 6.07) is 10.7.